The Hall–Kier alpha value is -1.70. The zero-order valence-corrected chi connectivity index (χ0v) is 12.0. The van der Waals surface area contributed by atoms with E-state index in [2.05, 4.69) is 44.6 Å². The molecule has 2 heterocycles. The van der Waals surface area contributed by atoms with Gasteiger partial charge < -0.3 is 0 Å². The summed E-state index contributed by atoms with van der Waals surface area (Å²) in [6.45, 7) is 12.7. The summed E-state index contributed by atoms with van der Waals surface area (Å²) < 4.78 is 0. The Kier molecular flexibility index (Phi) is 3.20. The summed E-state index contributed by atoms with van der Waals surface area (Å²) in [7, 11) is 0. The zero-order valence-electron chi connectivity index (χ0n) is 12.0. The van der Waals surface area contributed by atoms with Gasteiger partial charge in [-0.3, -0.25) is 9.97 Å². The molecule has 18 heavy (non-hydrogen) atoms. The van der Waals surface area contributed by atoms with Crippen molar-refractivity contribution in [2.75, 3.05) is 0 Å². The van der Waals surface area contributed by atoms with Crippen molar-refractivity contribution in [2.24, 2.45) is 0 Å². The Bertz CT molecular complexity index is 557. The molecule has 0 unspecified atom stereocenters. The first-order valence-corrected chi connectivity index (χ1v) is 6.29. The van der Waals surface area contributed by atoms with E-state index in [9.17, 15) is 0 Å². The molecule has 94 valence electrons. The molecule has 0 aliphatic rings. The summed E-state index contributed by atoms with van der Waals surface area (Å²) in [6, 6.07) is 0. The number of nitrogens with zero attached hydrogens (tertiary/aromatic N) is 2. The van der Waals surface area contributed by atoms with Crippen molar-refractivity contribution in [3.8, 4) is 11.3 Å². The van der Waals surface area contributed by atoms with Crippen molar-refractivity contribution >= 4 is 0 Å². The van der Waals surface area contributed by atoms with E-state index in [4.69, 9.17) is 0 Å². The molecule has 2 rings (SSSR count). The molecule has 2 heteroatoms. The van der Waals surface area contributed by atoms with Crippen LogP contribution in [0.5, 0.6) is 0 Å². The second-order valence-electron chi connectivity index (χ2n) is 5.05. The molecule has 0 aromatic carbocycles. The van der Waals surface area contributed by atoms with Crippen molar-refractivity contribution in [3.05, 3.63) is 45.9 Å². The molecule has 0 bridgehead atoms. The lowest BCUT2D eigenvalue weighted by Gasteiger charge is -2.14. The first-order chi connectivity index (χ1) is 8.43. The van der Waals surface area contributed by atoms with Crippen LogP contribution in [0.3, 0.4) is 0 Å². The van der Waals surface area contributed by atoms with E-state index in [1.807, 2.05) is 19.3 Å². The lowest BCUT2D eigenvalue weighted by molar-refractivity contribution is 1.10. The zero-order chi connectivity index (χ0) is 13.4. The summed E-state index contributed by atoms with van der Waals surface area (Å²) in [5.74, 6) is 0. The van der Waals surface area contributed by atoms with Crippen LogP contribution in [0, 0.1) is 41.5 Å². The highest BCUT2D eigenvalue weighted by molar-refractivity contribution is 5.68. The lowest BCUT2D eigenvalue weighted by Crippen LogP contribution is -1.99. The van der Waals surface area contributed by atoms with Crippen molar-refractivity contribution in [1.82, 2.24) is 9.97 Å². The first kappa shape index (κ1) is 12.7. The van der Waals surface area contributed by atoms with Crippen LogP contribution in [0.1, 0.15) is 33.5 Å². The second kappa shape index (κ2) is 4.52. The summed E-state index contributed by atoms with van der Waals surface area (Å²) in [6.07, 6.45) is 3.90. The minimum atomic E-state index is 1.06. The number of hydrogen-bond donors (Lipinski definition) is 0. The summed E-state index contributed by atoms with van der Waals surface area (Å²) in [5, 5.41) is 0. The first-order valence-electron chi connectivity index (χ1n) is 6.29. The molecule has 2 nitrogen and oxygen atoms in total. The van der Waals surface area contributed by atoms with Gasteiger partial charge in [-0.1, -0.05) is 0 Å². The van der Waals surface area contributed by atoms with Crippen LogP contribution >= 0.6 is 0 Å². The van der Waals surface area contributed by atoms with Gasteiger partial charge in [0.25, 0.3) is 0 Å². The normalized spacial score (nSPS) is 10.8. The number of rotatable bonds is 1. The fourth-order valence-electron chi connectivity index (χ4n) is 2.17. The molecule has 0 spiro atoms. The number of aryl methyl sites for hydroxylation is 2. The van der Waals surface area contributed by atoms with Crippen LogP contribution in [0.25, 0.3) is 11.3 Å². The standard InChI is InChI=1S/C16H20N2/c1-9-7-18-16(13(5)10(9)2)15-8-17-14(6)11(3)12(15)4/h7-8H,1-6H3. The van der Waals surface area contributed by atoms with Crippen LogP contribution in [0.2, 0.25) is 0 Å². The van der Waals surface area contributed by atoms with Crippen molar-refractivity contribution in [1.29, 1.82) is 0 Å². The average molecular weight is 240 g/mol. The molecule has 0 aliphatic carbocycles. The van der Waals surface area contributed by atoms with E-state index in [0.717, 1.165) is 17.0 Å². The van der Waals surface area contributed by atoms with E-state index in [0.29, 0.717) is 0 Å². The Balaban J connectivity index is 2.71. The minimum absolute atomic E-state index is 1.06. The van der Waals surface area contributed by atoms with Crippen LogP contribution in [0.15, 0.2) is 12.4 Å². The highest BCUT2D eigenvalue weighted by atomic mass is 14.7. The van der Waals surface area contributed by atoms with E-state index in [1.165, 1.54) is 27.8 Å². The highest BCUT2D eigenvalue weighted by Crippen LogP contribution is 2.29. The molecule has 0 N–H and O–H groups in total. The average Bonchev–Trinajstić information content (AvgIpc) is 2.35. The Morgan fingerprint density at radius 1 is 0.667 bits per heavy atom. The summed E-state index contributed by atoms with van der Waals surface area (Å²) in [5.41, 5.74) is 9.65. The summed E-state index contributed by atoms with van der Waals surface area (Å²) in [4.78, 5) is 9.07. The molecule has 0 amide bonds. The maximum Gasteiger partial charge on any atom is 0.0752 e. The van der Waals surface area contributed by atoms with Gasteiger partial charge in [0.15, 0.2) is 0 Å². The summed E-state index contributed by atoms with van der Waals surface area (Å²) >= 11 is 0. The molecule has 0 fully saturated rings. The van der Waals surface area contributed by atoms with E-state index in [-0.39, 0.29) is 0 Å². The molecule has 2 aromatic rings. The number of pyridine rings is 2. The van der Waals surface area contributed by atoms with Crippen molar-refractivity contribution in [2.45, 2.75) is 41.5 Å². The van der Waals surface area contributed by atoms with Gasteiger partial charge in [-0.15, -0.1) is 0 Å². The molecule has 0 saturated carbocycles. The maximum absolute atomic E-state index is 4.60. The Morgan fingerprint density at radius 2 is 1.33 bits per heavy atom. The fraction of sp³-hybridized carbons (Fsp3) is 0.375. The maximum atomic E-state index is 4.60. The molecule has 0 saturated heterocycles. The smallest absolute Gasteiger partial charge is 0.0752 e. The predicted octanol–water partition coefficient (Wildman–Crippen LogP) is 3.99. The third kappa shape index (κ3) is 1.92. The van der Waals surface area contributed by atoms with Gasteiger partial charge in [-0.25, -0.2) is 0 Å². The molecule has 0 aliphatic heterocycles. The van der Waals surface area contributed by atoms with E-state index >= 15 is 0 Å². The number of hydrogen-bond acceptors (Lipinski definition) is 2. The Morgan fingerprint density at radius 3 is 2.00 bits per heavy atom. The van der Waals surface area contributed by atoms with Gasteiger partial charge in [0.05, 0.1) is 5.69 Å². The molecule has 0 radical (unpaired) electrons. The highest BCUT2D eigenvalue weighted by Gasteiger charge is 2.12. The van der Waals surface area contributed by atoms with Gasteiger partial charge in [-0.2, -0.15) is 0 Å². The van der Waals surface area contributed by atoms with Crippen LogP contribution in [-0.2, 0) is 0 Å². The topological polar surface area (TPSA) is 25.8 Å². The molecule has 0 atom stereocenters. The predicted molar refractivity (Wildman–Crippen MR) is 75.9 cm³/mol. The molecular weight excluding hydrogens is 220 g/mol. The lowest BCUT2D eigenvalue weighted by atomic mass is 9.96. The second-order valence-corrected chi connectivity index (χ2v) is 5.05. The van der Waals surface area contributed by atoms with Crippen molar-refractivity contribution < 1.29 is 0 Å². The van der Waals surface area contributed by atoms with Crippen LogP contribution < -0.4 is 0 Å². The third-order valence-corrected chi connectivity index (χ3v) is 4.05. The fourth-order valence-corrected chi connectivity index (χ4v) is 2.17. The van der Waals surface area contributed by atoms with Gasteiger partial charge in [0.2, 0.25) is 0 Å². The molecular formula is C16H20N2. The number of aromatic nitrogens is 2. The van der Waals surface area contributed by atoms with Gasteiger partial charge in [0.1, 0.15) is 0 Å². The van der Waals surface area contributed by atoms with Crippen molar-refractivity contribution in [3.63, 3.8) is 0 Å². The SMILES string of the molecule is Cc1cnc(-c2cnc(C)c(C)c2C)c(C)c1C. The quantitative estimate of drug-likeness (QED) is 0.753. The van der Waals surface area contributed by atoms with Crippen LogP contribution in [0.4, 0.5) is 0 Å². The van der Waals surface area contributed by atoms with E-state index < -0.39 is 0 Å². The minimum Gasteiger partial charge on any atom is -0.261 e. The van der Waals surface area contributed by atoms with Crippen LogP contribution in [-0.4, -0.2) is 9.97 Å². The van der Waals surface area contributed by atoms with E-state index in [1.54, 1.807) is 0 Å². The van der Waals surface area contributed by atoms with Gasteiger partial charge in [-0.05, 0) is 69.4 Å². The molecule has 2 aromatic heterocycles. The third-order valence-electron chi connectivity index (χ3n) is 4.05. The van der Waals surface area contributed by atoms with Gasteiger partial charge >= 0.3 is 0 Å². The Labute approximate surface area is 109 Å². The monoisotopic (exact) mass is 240 g/mol. The largest absolute Gasteiger partial charge is 0.261 e. The van der Waals surface area contributed by atoms with Gasteiger partial charge in [0, 0.05) is 23.7 Å².